The van der Waals surface area contributed by atoms with Crippen molar-refractivity contribution in [1.29, 1.82) is 0 Å². The first-order valence-electron chi connectivity index (χ1n) is 8.61. The topological polar surface area (TPSA) is 79.4 Å². The summed E-state index contributed by atoms with van der Waals surface area (Å²) < 4.78 is 14.8. The summed E-state index contributed by atoms with van der Waals surface area (Å²) in [6.07, 6.45) is 1.50. The Morgan fingerprint density at radius 2 is 1.90 bits per heavy atom. The minimum atomic E-state index is -0.735. The van der Waals surface area contributed by atoms with Crippen LogP contribution >= 0.6 is 15.9 Å². The van der Waals surface area contributed by atoms with Crippen LogP contribution in [0.2, 0.25) is 0 Å². The molecule has 2 heterocycles. The van der Waals surface area contributed by atoms with Crippen LogP contribution in [0.15, 0.2) is 65.3 Å². The fraction of sp³-hybridized carbons (Fsp3) is 0.0476. The van der Waals surface area contributed by atoms with Crippen LogP contribution in [-0.4, -0.2) is 27.6 Å². The highest BCUT2D eigenvalue weighted by Crippen LogP contribution is 2.29. The number of carbonyl (C=O) groups excluding carboxylic acids is 3. The number of aromatic nitrogens is 1. The van der Waals surface area contributed by atoms with E-state index in [9.17, 15) is 18.8 Å². The van der Waals surface area contributed by atoms with E-state index < -0.39 is 23.5 Å². The van der Waals surface area contributed by atoms with Gasteiger partial charge in [-0.25, -0.2) is 4.39 Å². The third-order valence-corrected chi connectivity index (χ3v) is 4.98. The molecular weight excluding hydrogens is 441 g/mol. The molecule has 1 aliphatic rings. The predicted octanol–water partition coefficient (Wildman–Crippen LogP) is 4.03. The second-order valence-corrected chi connectivity index (χ2v) is 7.25. The molecule has 8 heteroatoms. The zero-order chi connectivity index (χ0) is 20.5. The third kappa shape index (κ3) is 3.54. The molecule has 1 aromatic heterocycles. The molecule has 1 aliphatic heterocycles. The van der Waals surface area contributed by atoms with Gasteiger partial charge in [-0.3, -0.25) is 24.3 Å². The number of benzene rings is 2. The number of halogens is 2. The quantitative estimate of drug-likeness (QED) is 0.604. The number of fused-ring (bicyclic) bond motifs is 1. The lowest BCUT2D eigenvalue weighted by molar-refractivity contribution is 0.0641. The number of hydrogen-bond acceptors (Lipinski definition) is 4. The standard InChI is InChI=1S/C21H13BrFN3O3/c22-13-7-8-16(25-19(27)17-6-1-2-9-24-17)12(10-13)11-26-20(28)14-4-3-5-15(23)18(14)21(26)29/h1-10H,11H2,(H,25,27). The number of imide groups is 1. The van der Waals surface area contributed by atoms with Crippen LogP contribution in [0.3, 0.4) is 0 Å². The largest absolute Gasteiger partial charge is 0.320 e. The van der Waals surface area contributed by atoms with Crippen LogP contribution in [-0.2, 0) is 6.54 Å². The molecule has 0 bridgehead atoms. The first kappa shape index (κ1) is 18.9. The normalized spacial score (nSPS) is 12.8. The van der Waals surface area contributed by atoms with Crippen molar-refractivity contribution >= 4 is 39.3 Å². The Kier molecular flexibility index (Phi) is 4.94. The predicted molar refractivity (Wildman–Crippen MR) is 107 cm³/mol. The molecule has 29 heavy (non-hydrogen) atoms. The van der Waals surface area contributed by atoms with Gasteiger partial charge in [-0.1, -0.05) is 28.1 Å². The lowest BCUT2D eigenvalue weighted by Gasteiger charge is -2.17. The van der Waals surface area contributed by atoms with Crippen LogP contribution in [0.5, 0.6) is 0 Å². The number of amides is 3. The van der Waals surface area contributed by atoms with Crippen LogP contribution in [0.25, 0.3) is 0 Å². The fourth-order valence-corrected chi connectivity index (χ4v) is 3.51. The summed E-state index contributed by atoms with van der Waals surface area (Å²) in [5, 5.41) is 2.74. The minimum Gasteiger partial charge on any atom is -0.320 e. The summed E-state index contributed by atoms with van der Waals surface area (Å²) in [6.45, 7) is -0.122. The average Bonchev–Trinajstić information content (AvgIpc) is 2.96. The maximum atomic E-state index is 14.1. The van der Waals surface area contributed by atoms with E-state index in [0.29, 0.717) is 15.7 Å². The Morgan fingerprint density at radius 1 is 1.07 bits per heavy atom. The lowest BCUT2D eigenvalue weighted by atomic mass is 10.1. The highest BCUT2D eigenvalue weighted by molar-refractivity contribution is 9.10. The molecule has 3 amide bonds. The Balaban J connectivity index is 1.64. The maximum absolute atomic E-state index is 14.1. The molecular formula is C21H13BrFN3O3. The molecule has 0 saturated carbocycles. The first-order chi connectivity index (χ1) is 14.0. The van der Waals surface area contributed by atoms with Crippen molar-refractivity contribution in [1.82, 2.24) is 9.88 Å². The van der Waals surface area contributed by atoms with Crippen LogP contribution in [0.1, 0.15) is 36.8 Å². The van der Waals surface area contributed by atoms with E-state index in [1.165, 1.54) is 18.3 Å². The van der Waals surface area contributed by atoms with Crippen molar-refractivity contribution in [2.24, 2.45) is 0 Å². The summed E-state index contributed by atoms with van der Waals surface area (Å²) in [5.74, 6) is -2.44. The van der Waals surface area contributed by atoms with Crippen LogP contribution in [0, 0.1) is 5.82 Å². The molecule has 0 saturated heterocycles. The van der Waals surface area contributed by atoms with Crippen molar-refractivity contribution in [2.45, 2.75) is 6.54 Å². The van der Waals surface area contributed by atoms with E-state index in [-0.39, 0.29) is 23.4 Å². The van der Waals surface area contributed by atoms with Gasteiger partial charge in [0.05, 0.1) is 17.7 Å². The second kappa shape index (κ2) is 7.56. The van der Waals surface area contributed by atoms with Gasteiger partial charge in [-0.15, -0.1) is 0 Å². The number of rotatable bonds is 4. The minimum absolute atomic E-state index is 0.0315. The Hall–Kier alpha value is -3.39. The molecule has 2 aromatic carbocycles. The van der Waals surface area contributed by atoms with E-state index in [1.54, 1.807) is 36.4 Å². The molecule has 0 spiro atoms. The molecule has 6 nitrogen and oxygen atoms in total. The Bertz CT molecular complexity index is 1150. The van der Waals surface area contributed by atoms with Gasteiger partial charge in [0.2, 0.25) is 0 Å². The third-order valence-electron chi connectivity index (χ3n) is 4.49. The zero-order valence-corrected chi connectivity index (χ0v) is 16.4. The molecule has 0 fully saturated rings. The molecule has 1 N–H and O–H groups in total. The van der Waals surface area contributed by atoms with E-state index >= 15 is 0 Å². The van der Waals surface area contributed by atoms with Gasteiger partial charge in [-0.05, 0) is 48.0 Å². The van der Waals surface area contributed by atoms with Gasteiger partial charge < -0.3 is 5.32 Å². The van der Waals surface area contributed by atoms with Gasteiger partial charge in [-0.2, -0.15) is 0 Å². The van der Waals surface area contributed by atoms with E-state index in [0.717, 1.165) is 11.0 Å². The summed E-state index contributed by atoms with van der Waals surface area (Å²) in [5.41, 5.74) is 0.958. The number of hydrogen-bond donors (Lipinski definition) is 1. The SMILES string of the molecule is O=C(Nc1ccc(Br)cc1CN1C(=O)c2cccc(F)c2C1=O)c1ccccn1. The van der Waals surface area contributed by atoms with Crippen molar-refractivity contribution in [3.63, 3.8) is 0 Å². The maximum Gasteiger partial charge on any atom is 0.274 e. The monoisotopic (exact) mass is 453 g/mol. The van der Waals surface area contributed by atoms with Crippen molar-refractivity contribution in [2.75, 3.05) is 5.32 Å². The molecule has 0 radical (unpaired) electrons. The lowest BCUT2D eigenvalue weighted by Crippen LogP contribution is -2.30. The van der Waals surface area contributed by atoms with Gasteiger partial charge >= 0.3 is 0 Å². The fourth-order valence-electron chi connectivity index (χ4n) is 3.10. The average molecular weight is 454 g/mol. The van der Waals surface area contributed by atoms with Crippen LogP contribution in [0.4, 0.5) is 10.1 Å². The molecule has 3 aromatic rings. The van der Waals surface area contributed by atoms with Crippen molar-refractivity contribution < 1.29 is 18.8 Å². The number of pyridine rings is 1. The number of nitrogens with zero attached hydrogens (tertiary/aromatic N) is 2. The molecule has 0 unspecified atom stereocenters. The summed E-state index contributed by atoms with van der Waals surface area (Å²) >= 11 is 3.35. The second-order valence-electron chi connectivity index (χ2n) is 6.33. The Morgan fingerprint density at radius 3 is 2.62 bits per heavy atom. The number of carbonyl (C=O) groups is 3. The van der Waals surface area contributed by atoms with Gasteiger partial charge in [0, 0.05) is 16.4 Å². The molecule has 0 atom stereocenters. The highest BCUT2D eigenvalue weighted by atomic mass is 79.9. The van der Waals surface area contributed by atoms with Gasteiger partial charge in [0.1, 0.15) is 11.5 Å². The summed E-state index contributed by atoms with van der Waals surface area (Å²) in [6, 6.07) is 14.0. The molecule has 0 aliphatic carbocycles. The van der Waals surface area contributed by atoms with E-state index in [4.69, 9.17) is 0 Å². The number of nitrogens with one attached hydrogen (secondary N) is 1. The molecule has 4 rings (SSSR count). The smallest absolute Gasteiger partial charge is 0.274 e. The van der Waals surface area contributed by atoms with E-state index in [1.807, 2.05) is 0 Å². The van der Waals surface area contributed by atoms with Gasteiger partial charge in [0.15, 0.2) is 0 Å². The van der Waals surface area contributed by atoms with Crippen LogP contribution < -0.4 is 5.32 Å². The molecule has 144 valence electrons. The Labute approximate surface area is 173 Å². The van der Waals surface area contributed by atoms with Crippen molar-refractivity contribution in [3.8, 4) is 0 Å². The zero-order valence-electron chi connectivity index (χ0n) is 14.9. The van der Waals surface area contributed by atoms with E-state index in [2.05, 4.69) is 26.2 Å². The first-order valence-corrected chi connectivity index (χ1v) is 9.40. The highest BCUT2D eigenvalue weighted by Gasteiger charge is 2.38. The van der Waals surface area contributed by atoms with Gasteiger partial charge in [0.25, 0.3) is 17.7 Å². The summed E-state index contributed by atoms with van der Waals surface area (Å²) in [7, 11) is 0. The summed E-state index contributed by atoms with van der Waals surface area (Å²) in [4.78, 5) is 42.7. The number of anilines is 1. The van der Waals surface area contributed by atoms with Crippen molar-refractivity contribution in [3.05, 3.63) is 93.5 Å².